The maximum atomic E-state index is 13.5. The molecule has 2 amide bonds. The van der Waals surface area contributed by atoms with Crippen LogP contribution >= 0.6 is 0 Å². The van der Waals surface area contributed by atoms with Crippen LogP contribution in [0.25, 0.3) is 0 Å². The standard InChI is InChI=1S/C22H27NO2/c1-7-18-20(13(2)3)16(6)11-22(18)12-19(24)23(21(22)25)17-9-8-14(4)15(5)10-17/h7-10,16,18H,1,11-12H2,2-6H3. The van der Waals surface area contributed by atoms with Gasteiger partial charge < -0.3 is 0 Å². The van der Waals surface area contributed by atoms with Gasteiger partial charge in [0.2, 0.25) is 11.8 Å². The molecule has 3 heteroatoms. The minimum atomic E-state index is -0.663. The van der Waals surface area contributed by atoms with E-state index in [4.69, 9.17) is 0 Å². The summed E-state index contributed by atoms with van der Waals surface area (Å²) in [5, 5.41) is 0. The molecule has 0 N–H and O–H groups in total. The van der Waals surface area contributed by atoms with Crippen LogP contribution in [0.1, 0.15) is 44.7 Å². The fourth-order valence-electron chi connectivity index (χ4n) is 4.83. The van der Waals surface area contributed by atoms with E-state index in [0.29, 0.717) is 11.6 Å². The van der Waals surface area contributed by atoms with Gasteiger partial charge in [-0.25, -0.2) is 0 Å². The topological polar surface area (TPSA) is 37.4 Å². The number of hydrogen-bond acceptors (Lipinski definition) is 2. The van der Waals surface area contributed by atoms with Crippen LogP contribution in [0.3, 0.4) is 0 Å². The molecule has 1 aromatic carbocycles. The molecule has 3 unspecified atom stereocenters. The number of amides is 2. The fourth-order valence-corrected chi connectivity index (χ4v) is 4.83. The van der Waals surface area contributed by atoms with Gasteiger partial charge in [0, 0.05) is 12.3 Å². The highest BCUT2D eigenvalue weighted by Gasteiger charge is 2.60. The summed E-state index contributed by atoms with van der Waals surface area (Å²) >= 11 is 0. The van der Waals surface area contributed by atoms with Crippen LogP contribution < -0.4 is 4.90 Å². The van der Waals surface area contributed by atoms with Crippen molar-refractivity contribution in [3.05, 3.63) is 53.1 Å². The lowest BCUT2D eigenvalue weighted by Crippen LogP contribution is -2.37. The van der Waals surface area contributed by atoms with Crippen LogP contribution in [0.2, 0.25) is 0 Å². The van der Waals surface area contributed by atoms with E-state index in [1.54, 1.807) is 0 Å². The van der Waals surface area contributed by atoms with Crippen LogP contribution in [0.15, 0.2) is 42.0 Å². The Morgan fingerprint density at radius 1 is 1.24 bits per heavy atom. The van der Waals surface area contributed by atoms with Gasteiger partial charge in [-0.15, -0.1) is 6.58 Å². The second-order valence-electron chi connectivity index (χ2n) is 7.91. The highest BCUT2D eigenvalue weighted by Crippen LogP contribution is 2.57. The van der Waals surface area contributed by atoms with Crippen LogP contribution in [0.5, 0.6) is 0 Å². The number of nitrogens with zero attached hydrogens (tertiary/aromatic N) is 1. The van der Waals surface area contributed by atoms with E-state index < -0.39 is 5.41 Å². The normalized spacial score (nSPS) is 29.0. The molecular formula is C22H27NO2. The third-order valence-corrected chi connectivity index (χ3v) is 6.04. The molecule has 1 saturated heterocycles. The molecule has 25 heavy (non-hydrogen) atoms. The summed E-state index contributed by atoms with van der Waals surface area (Å²) < 4.78 is 0. The molecule has 3 rings (SSSR count). The van der Waals surface area contributed by atoms with Crippen molar-refractivity contribution >= 4 is 17.5 Å². The summed E-state index contributed by atoms with van der Waals surface area (Å²) in [4.78, 5) is 27.7. The summed E-state index contributed by atoms with van der Waals surface area (Å²) in [6.45, 7) is 14.4. The molecule has 2 aliphatic rings. The van der Waals surface area contributed by atoms with Crippen LogP contribution in [0.4, 0.5) is 5.69 Å². The number of benzene rings is 1. The number of allylic oxidation sites excluding steroid dienone is 3. The van der Waals surface area contributed by atoms with Gasteiger partial charge in [0.25, 0.3) is 0 Å². The zero-order chi connectivity index (χ0) is 18.5. The quantitative estimate of drug-likeness (QED) is 0.578. The molecule has 0 aromatic heterocycles. The Hall–Kier alpha value is -2.16. The van der Waals surface area contributed by atoms with Gasteiger partial charge in [0.05, 0.1) is 11.1 Å². The Labute approximate surface area is 150 Å². The van der Waals surface area contributed by atoms with Gasteiger partial charge in [-0.3, -0.25) is 14.5 Å². The zero-order valence-electron chi connectivity index (χ0n) is 15.8. The Morgan fingerprint density at radius 3 is 2.48 bits per heavy atom. The summed E-state index contributed by atoms with van der Waals surface area (Å²) in [5.74, 6) is 0.0843. The van der Waals surface area contributed by atoms with Gasteiger partial charge in [-0.1, -0.05) is 30.2 Å². The van der Waals surface area contributed by atoms with Crippen molar-refractivity contribution in [3.8, 4) is 0 Å². The summed E-state index contributed by atoms with van der Waals surface area (Å²) in [5.41, 5.74) is 4.78. The van der Waals surface area contributed by atoms with Gasteiger partial charge in [-0.2, -0.15) is 0 Å². The van der Waals surface area contributed by atoms with E-state index in [1.807, 2.05) is 38.1 Å². The molecule has 0 radical (unpaired) electrons. The third kappa shape index (κ3) is 2.48. The summed E-state index contributed by atoms with van der Waals surface area (Å²) in [6.07, 6.45) is 2.87. The highest BCUT2D eigenvalue weighted by atomic mass is 16.2. The van der Waals surface area contributed by atoms with E-state index in [9.17, 15) is 9.59 Å². The number of rotatable bonds is 2. The lowest BCUT2D eigenvalue weighted by atomic mass is 9.75. The monoisotopic (exact) mass is 337 g/mol. The summed E-state index contributed by atoms with van der Waals surface area (Å²) in [6, 6.07) is 5.79. The molecule has 3 nitrogen and oxygen atoms in total. The molecule has 1 aromatic rings. The van der Waals surface area contributed by atoms with Gasteiger partial charge in [0.15, 0.2) is 0 Å². The first-order chi connectivity index (χ1) is 11.7. The molecule has 0 bridgehead atoms. The second kappa shape index (κ2) is 5.98. The average molecular weight is 337 g/mol. The molecule has 1 spiro atoms. The van der Waals surface area contributed by atoms with Crippen molar-refractivity contribution in [3.63, 3.8) is 0 Å². The van der Waals surface area contributed by atoms with Crippen LogP contribution in [-0.4, -0.2) is 11.8 Å². The minimum absolute atomic E-state index is 0.0551. The molecule has 1 aliphatic heterocycles. The highest BCUT2D eigenvalue weighted by molar-refractivity contribution is 6.23. The molecule has 1 saturated carbocycles. The number of carbonyl (C=O) groups excluding carboxylic acids is 2. The first-order valence-electron chi connectivity index (χ1n) is 8.97. The molecule has 132 valence electrons. The molecular weight excluding hydrogens is 310 g/mol. The largest absolute Gasteiger partial charge is 0.274 e. The first-order valence-corrected chi connectivity index (χ1v) is 8.97. The van der Waals surface area contributed by atoms with Gasteiger partial charge in [0.1, 0.15) is 0 Å². The van der Waals surface area contributed by atoms with Crippen molar-refractivity contribution in [2.24, 2.45) is 17.3 Å². The molecule has 2 fully saturated rings. The van der Waals surface area contributed by atoms with E-state index in [-0.39, 0.29) is 24.2 Å². The van der Waals surface area contributed by atoms with Crippen LogP contribution in [0, 0.1) is 31.1 Å². The van der Waals surface area contributed by atoms with E-state index >= 15 is 0 Å². The Kier molecular flexibility index (Phi) is 4.22. The Balaban J connectivity index is 2.08. The summed E-state index contributed by atoms with van der Waals surface area (Å²) in [7, 11) is 0. The second-order valence-corrected chi connectivity index (χ2v) is 7.91. The van der Waals surface area contributed by atoms with E-state index in [2.05, 4.69) is 27.4 Å². The molecule has 3 atom stereocenters. The van der Waals surface area contributed by atoms with Crippen molar-refractivity contribution in [1.82, 2.24) is 0 Å². The lowest BCUT2D eigenvalue weighted by Gasteiger charge is -2.27. The van der Waals surface area contributed by atoms with Crippen molar-refractivity contribution in [2.75, 3.05) is 4.90 Å². The number of carbonyl (C=O) groups is 2. The van der Waals surface area contributed by atoms with Crippen molar-refractivity contribution in [1.29, 1.82) is 0 Å². The smallest absolute Gasteiger partial charge is 0.241 e. The number of aryl methyl sites for hydroxylation is 2. The van der Waals surface area contributed by atoms with Gasteiger partial charge >= 0.3 is 0 Å². The Morgan fingerprint density at radius 2 is 1.92 bits per heavy atom. The minimum Gasteiger partial charge on any atom is -0.274 e. The number of imide groups is 1. The van der Waals surface area contributed by atoms with Crippen molar-refractivity contribution < 1.29 is 9.59 Å². The van der Waals surface area contributed by atoms with Crippen molar-refractivity contribution in [2.45, 2.75) is 47.5 Å². The number of anilines is 1. The van der Waals surface area contributed by atoms with E-state index in [1.165, 1.54) is 16.0 Å². The predicted molar refractivity (Wildman–Crippen MR) is 101 cm³/mol. The maximum Gasteiger partial charge on any atom is 0.241 e. The molecule has 1 aliphatic carbocycles. The number of hydrogen-bond donors (Lipinski definition) is 0. The zero-order valence-corrected chi connectivity index (χ0v) is 15.8. The average Bonchev–Trinajstić information content (AvgIpc) is 2.96. The maximum absolute atomic E-state index is 13.5. The predicted octanol–water partition coefficient (Wildman–Crippen LogP) is 4.73. The van der Waals surface area contributed by atoms with Gasteiger partial charge in [-0.05, 0) is 63.3 Å². The third-order valence-electron chi connectivity index (χ3n) is 6.04. The SMILES string of the molecule is C=CC1C(=C(C)C)C(C)CC12CC(=O)N(c1ccc(C)c(C)c1)C2=O. The molecule has 1 heterocycles. The fraction of sp³-hybridized carbons (Fsp3) is 0.455. The Bertz CT molecular complexity index is 800. The van der Waals surface area contributed by atoms with Crippen LogP contribution in [-0.2, 0) is 9.59 Å². The first kappa shape index (κ1) is 17.7. The lowest BCUT2D eigenvalue weighted by molar-refractivity contribution is -0.126. The van der Waals surface area contributed by atoms with E-state index in [0.717, 1.165) is 17.5 Å².